The van der Waals surface area contributed by atoms with E-state index in [9.17, 15) is 9.59 Å². The van der Waals surface area contributed by atoms with Gasteiger partial charge in [-0.15, -0.1) is 0 Å². The predicted octanol–water partition coefficient (Wildman–Crippen LogP) is 5.20. The molecule has 0 saturated carbocycles. The molecule has 2 aromatic carbocycles. The molecule has 27 heavy (non-hydrogen) atoms. The number of aryl methyl sites for hydroxylation is 1. The molecule has 1 aliphatic rings. The zero-order valence-corrected chi connectivity index (χ0v) is 17.2. The molecular formula is C22H21NO2S2. The molecule has 1 aliphatic heterocycles. The van der Waals surface area contributed by atoms with Gasteiger partial charge in [0.1, 0.15) is 4.32 Å². The Kier molecular flexibility index (Phi) is 5.92. The molecule has 3 rings (SSSR count). The minimum Gasteiger partial charge on any atom is -0.292 e. The van der Waals surface area contributed by atoms with E-state index >= 15 is 0 Å². The topological polar surface area (TPSA) is 37.4 Å². The number of carbonyl (C=O) groups is 2. The molecule has 0 bridgehead atoms. The normalized spacial score (nSPS) is 15.9. The van der Waals surface area contributed by atoms with Crippen LogP contribution in [0.5, 0.6) is 0 Å². The molecule has 138 valence electrons. The fourth-order valence-corrected chi connectivity index (χ4v) is 4.13. The third-order valence-electron chi connectivity index (χ3n) is 4.52. The Labute approximate surface area is 169 Å². The highest BCUT2D eigenvalue weighted by atomic mass is 32.2. The molecule has 0 atom stereocenters. The number of amides is 1. The van der Waals surface area contributed by atoms with E-state index < -0.39 is 0 Å². The smallest absolute Gasteiger partial charge is 0.266 e. The Morgan fingerprint density at radius 1 is 1.15 bits per heavy atom. The lowest BCUT2D eigenvalue weighted by Crippen LogP contribution is -2.33. The molecule has 0 unspecified atom stereocenters. The summed E-state index contributed by atoms with van der Waals surface area (Å²) in [5, 5.41) is 0. The van der Waals surface area contributed by atoms with Crippen LogP contribution in [0, 0.1) is 6.92 Å². The number of Topliss-reactive ketones (excluding diaryl/α,β-unsaturated/α-hetero) is 1. The third-order valence-corrected chi connectivity index (χ3v) is 5.90. The molecule has 0 aromatic heterocycles. The van der Waals surface area contributed by atoms with Gasteiger partial charge in [-0.2, -0.15) is 0 Å². The minimum atomic E-state index is -0.208. The maximum Gasteiger partial charge on any atom is 0.266 e. The molecule has 0 radical (unpaired) electrons. The lowest BCUT2D eigenvalue weighted by molar-refractivity contribution is -0.121. The number of thioether (sulfide) groups is 1. The highest BCUT2D eigenvalue weighted by Crippen LogP contribution is 2.33. The summed E-state index contributed by atoms with van der Waals surface area (Å²) in [5.41, 5.74) is 3.72. The van der Waals surface area contributed by atoms with Gasteiger partial charge in [-0.25, -0.2) is 0 Å². The number of nitrogens with zero attached hydrogens (tertiary/aromatic N) is 1. The van der Waals surface area contributed by atoms with Crippen molar-refractivity contribution < 1.29 is 9.59 Å². The van der Waals surface area contributed by atoms with Gasteiger partial charge in [-0.05, 0) is 35.6 Å². The Morgan fingerprint density at radius 2 is 1.81 bits per heavy atom. The maximum atomic E-state index is 12.7. The summed E-state index contributed by atoms with van der Waals surface area (Å²) >= 11 is 6.59. The Morgan fingerprint density at radius 3 is 2.44 bits per heavy atom. The molecule has 2 aromatic rings. The first-order chi connectivity index (χ1) is 12.9. The highest BCUT2D eigenvalue weighted by molar-refractivity contribution is 8.26. The molecule has 1 heterocycles. The molecule has 0 aliphatic carbocycles. The van der Waals surface area contributed by atoms with E-state index in [1.807, 2.05) is 43.3 Å². The maximum absolute atomic E-state index is 12.7. The standard InChI is InChI=1S/C22H21NO2S2/c1-14(2)17-10-8-16(9-11-17)12-20-21(25)23(22(26)27-20)13-19(24)18-7-5-4-6-15(18)3/h4-12,14H,13H2,1-3H3/b20-12-. The minimum absolute atomic E-state index is 0.0286. The number of benzene rings is 2. The molecule has 3 nitrogen and oxygen atoms in total. The first kappa shape index (κ1) is 19.5. The quantitative estimate of drug-likeness (QED) is 0.396. The van der Waals surface area contributed by atoms with Crippen LogP contribution in [0.25, 0.3) is 6.08 Å². The van der Waals surface area contributed by atoms with Crippen molar-refractivity contribution >= 4 is 46.1 Å². The van der Waals surface area contributed by atoms with Crippen molar-refractivity contribution in [3.8, 4) is 0 Å². The SMILES string of the molecule is Cc1ccccc1C(=O)CN1C(=O)/C(=C/c2ccc(C(C)C)cc2)SC1=S. The van der Waals surface area contributed by atoms with E-state index in [4.69, 9.17) is 12.2 Å². The van der Waals surface area contributed by atoms with E-state index in [1.54, 1.807) is 6.07 Å². The largest absolute Gasteiger partial charge is 0.292 e. The summed E-state index contributed by atoms with van der Waals surface area (Å²) in [6.07, 6.45) is 1.83. The second kappa shape index (κ2) is 8.19. The van der Waals surface area contributed by atoms with Crippen LogP contribution in [-0.2, 0) is 4.79 Å². The predicted molar refractivity (Wildman–Crippen MR) is 116 cm³/mol. The van der Waals surface area contributed by atoms with Crippen LogP contribution >= 0.6 is 24.0 Å². The zero-order valence-electron chi connectivity index (χ0n) is 15.6. The van der Waals surface area contributed by atoms with Crippen molar-refractivity contribution in [1.29, 1.82) is 0 Å². The van der Waals surface area contributed by atoms with Crippen LogP contribution < -0.4 is 0 Å². The summed E-state index contributed by atoms with van der Waals surface area (Å²) < 4.78 is 0.423. The average Bonchev–Trinajstić information content (AvgIpc) is 2.90. The van der Waals surface area contributed by atoms with E-state index in [0.717, 1.165) is 11.1 Å². The van der Waals surface area contributed by atoms with Crippen LogP contribution in [0.15, 0.2) is 53.4 Å². The van der Waals surface area contributed by atoms with Gasteiger partial charge in [0.05, 0.1) is 11.4 Å². The van der Waals surface area contributed by atoms with Crippen molar-refractivity contribution in [2.45, 2.75) is 26.7 Å². The van der Waals surface area contributed by atoms with Gasteiger partial charge >= 0.3 is 0 Å². The molecule has 0 N–H and O–H groups in total. The summed E-state index contributed by atoms with van der Waals surface area (Å²) in [6.45, 7) is 6.15. The number of hydrogen-bond donors (Lipinski definition) is 0. The Bertz CT molecular complexity index is 930. The van der Waals surface area contributed by atoms with E-state index in [0.29, 0.717) is 20.7 Å². The number of ketones is 1. The lowest BCUT2D eigenvalue weighted by Gasteiger charge is -2.14. The summed E-state index contributed by atoms with van der Waals surface area (Å²) in [7, 11) is 0. The molecule has 1 amide bonds. The van der Waals surface area contributed by atoms with Gasteiger partial charge in [0.15, 0.2) is 5.78 Å². The van der Waals surface area contributed by atoms with Gasteiger partial charge in [-0.3, -0.25) is 14.5 Å². The van der Waals surface area contributed by atoms with Crippen LogP contribution in [-0.4, -0.2) is 27.5 Å². The number of carbonyl (C=O) groups excluding carboxylic acids is 2. The third kappa shape index (κ3) is 4.37. The molecule has 1 saturated heterocycles. The molecular weight excluding hydrogens is 374 g/mol. The Balaban J connectivity index is 1.76. The number of hydrogen-bond acceptors (Lipinski definition) is 4. The van der Waals surface area contributed by atoms with E-state index in [-0.39, 0.29) is 18.2 Å². The van der Waals surface area contributed by atoms with Crippen molar-refractivity contribution in [2.24, 2.45) is 0 Å². The average molecular weight is 396 g/mol. The van der Waals surface area contributed by atoms with E-state index in [2.05, 4.69) is 26.0 Å². The first-order valence-corrected chi connectivity index (χ1v) is 10.0. The van der Waals surface area contributed by atoms with Crippen LogP contribution in [0.2, 0.25) is 0 Å². The summed E-state index contributed by atoms with van der Waals surface area (Å²) in [4.78, 5) is 27.3. The zero-order chi connectivity index (χ0) is 19.6. The Hall–Kier alpha value is -2.24. The van der Waals surface area contributed by atoms with Crippen LogP contribution in [0.3, 0.4) is 0 Å². The van der Waals surface area contributed by atoms with Crippen LogP contribution in [0.1, 0.15) is 46.8 Å². The molecule has 0 spiro atoms. The van der Waals surface area contributed by atoms with Crippen LogP contribution in [0.4, 0.5) is 0 Å². The first-order valence-electron chi connectivity index (χ1n) is 8.81. The number of thiocarbonyl (C=S) groups is 1. The summed E-state index contributed by atoms with van der Waals surface area (Å²) in [6, 6.07) is 15.5. The van der Waals surface area contributed by atoms with E-state index in [1.165, 1.54) is 22.2 Å². The van der Waals surface area contributed by atoms with Gasteiger partial charge in [-0.1, -0.05) is 86.4 Å². The van der Waals surface area contributed by atoms with Gasteiger partial charge in [0, 0.05) is 5.56 Å². The van der Waals surface area contributed by atoms with Crippen molar-refractivity contribution in [2.75, 3.05) is 6.54 Å². The summed E-state index contributed by atoms with van der Waals surface area (Å²) in [5.74, 6) is 0.150. The second-order valence-electron chi connectivity index (χ2n) is 6.83. The van der Waals surface area contributed by atoms with Crippen molar-refractivity contribution in [1.82, 2.24) is 4.90 Å². The fourth-order valence-electron chi connectivity index (χ4n) is 2.88. The molecule has 1 fully saturated rings. The van der Waals surface area contributed by atoms with Gasteiger partial charge in [0.25, 0.3) is 5.91 Å². The lowest BCUT2D eigenvalue weighted by atomic mass is 10.0. The highest BCUT2D eigenvalue weighted by Gasteiger charge is 2.33. The number of rotatable bonds is 5. The van der Waals surface area contributed by atoms with Gasteiger partial charge < -0.3 is 0 Å². The van der Waals surface area contributed by atoms with Crippen molar-refractivity contribution in [3.05, 3.63) is 75.7 Å². The second-order valence-corrected chi connectivity index (χ2v) is 8.50. The molecule has 5 heteroatoms. The fraction of sp³-hybridized carbons (Fsp3) is 0.227. The van der Waals surface area contributed by atoms with Gasteiger partial charge in [0.2, 0.25) is 0 Å². The van der Waals surface area contributed by atoms with Crippen molar-refractivity contribution in [3.63, 3.8) is 0 Å². The monoisotopic (exact) mass is 395 g/mol.